The normalized spacial score (nSPS) is 10.8. The number of carboxylic acid groups (broad SMARTS) is 1. The van der Waals surface area contributed by atoms with Crippen molar-refractivity contribution in [3.8, 4) is 0 Å². The Morgan fingerprint density at radius 3 is 2.05 bits per heavy atom. The molecule has 0 heterocycles. The minimum Gasteiger partial charge on any atom is -0.481 e. The molecule has 3 N–H and O–H groups in total. The highest BCUT2D eigenvalue weighted by Gasteiger charge is 2.14. The maximum Gasteiger partial charge on any atom is 0.303 e. The third-order valence-corrected chi connectivity index (χ3v) is 2.89. The minimum absolute atomic E-state index is 0.0000537. The molecule has 0 radical (unpaired) electrons. The van der Waals surface area contributed by atoms with Gasteiger partial charge in [-0.3, -0.25) is 25.2 Å². The number of hydrazine groups is 1. The third-order valence-electron chi connectivity index (χ3n) is 2.89. The molecule has 0 saturated heterocycles. The van der Waals surface area contributed by atoms with E-state index in [1.165, 1.54) is 0 Å². The largest absolute Gasteiger partial charge is 0.481 e. The number of amides is 2. The molecule has 0 fully saturated rings. The quantitative estimate of drug-likeness (QED) is 0.735. The molecule has 6 heteroatoms. The Morgan fingerprint density at radius 2 is 1.57 bits per heavy atom. The molecule has 1 rings (SSSR count). The fourth-order valence-electron chi connectivity index (χ4n) is 1.60. The molecule has 0 saturated carbocycles. The van der Waals surface area contributed by atoms with Crippen LogP contribution in [0.25, 0.3) is 0 Å². The van der Waals surface area contributed by atoms with Crippen molar-refractivity contribution >= 4 is 17.8 Å². The molecule has 114 valence electrons. The van der Waals surface area contributed by atoms with Gasteiger partial charge in [-0.1, -0.05) is 32.9 Å². The molecule has 0 atom stereocenters. The van der Waals surface area contributed by atoms with Gasteiger partial charge in [-0.05, 0) is 23.1 Å². The van der Waals surface area contributed by atoms with Gasteiger partial charge in [-0.2, -0.15) is 0 Å². The maximum absolute atomic E-state index is 11.8. The summed E-state index contributed by atoms with van der Waals surface area (Å²) in [5, 5.41) is 8.44. The molecule has 0 aromatic heterocycles. The predicted molar refractivity (Wildman–Crippen MR) is 77.6 cm³/mol. The lowest BCUT2D eigenvalue weighted by molar-refractivity contribution is -0.138. The number of carboxylic acids is 1. The van der Waals surface area contributed by atoms with Crippen LogP contribution in [0, 0.1) is 0 Å². The Balaban J connectivity index is 2.53. The first kappa shape index (κ1) is 16.7. The summed E-state index contributed by atoms with van der Waals surface area (Å²) in [5.74, 6) is -2.05. The smallest absolute Gasteiger partial charge is 0.303 e. The summed E-state index contributed by atoms with van der Waals surface area (Å²) < 4.78 is 0. The molecule has 2 amide bonds. The van der Waals surface area contributed by atoms with Crippen LogP contribution in [0.3, 0.4) is 0 Å². The summed E-state index contributed by atoms with van der Waals surface area (Å²) in [6, 6.07) is 7.08. The van der Waals surface area contributed by atoms with Crippen LogP contribution in [0.5, 0.6) is 0 Å². The van der Waals surface area contributed by atoms with Crippen molar-refractivity contribution in [1.29, 1.82) is 0 Å². The topological polar surface area (TPSA) is 95.5 Å². The van der Waals surface area contributed by atoms with Gasteiger partial charge in [-0.25, -0.2) is 0 Å². The number of carbonyl (C=O) groups is 3. The fraction of sp³-hybridized carbons (Fsp3) is 0.400. The Morgan fingerprint density at radius 1 is 1.00 bits per heavy atom. The van der Waals surface area contributed by atoms with E-state index in [1.807, 2.05) is 12.1 Å². The number of benzene rings is 1. The van der Waals surface area contributed by atoms with Crippen molar-refractivity contribution in [3.05, 3.63) is 35.4 Å². The monoisotopic (exact) mass is 292 g/mol. The average molecular weight is 292 g/mol. The second-order valence-electron chi connectivity index (χ2n) is 5.72. The standard InChI is InChI=1S/C15H20N2O4/c1-15(2,3)11-6-4-10(5-7-11)14(21)17-16-12(18)8-9-13(19)20/h4-7H,8-9H2,1-3H3,(H,16,18)(H,17,21)(H,19,20). The minimum atomic E-state index is -1.06. The van der Waals surface area contributed by atoms with Crippen LogP contribution < -0.4 is 10.9 Å². The Labute approximate surface area is 123 Å². The van der Waals surface area contributed by atoms with Gasteiger partial charge in [0.15, 0.2) is 0 Å². The zero-order chi connectivity index (χ0) is 16.0. The number of carbonyl (C=O) groups excluding carboxylic acids is 2. The molecule has 0 aliphatic heterocycles. The summed E-state index contributed by atoms with van der Waals surface area (Å²) in [4.78, 5) is 33.4. The van der Waals surface area contributed by atoms with Crippen LogP contribution in [0.4, 0.5) is 0 Å². The first-order valence-corrected chi connectivity index (χ1v) is 6.61. The molecule has 0 aliphatic carbocycles. The summed E-state index contributed by atoms with van der Waals surface area (Å²) >= 11 is 0. The van der Waals surface area contributed by atoms with Crippen LogP contribution in [0.15, 0.2) is 24.3 Å². The van der Waals surface area contributed by atoms with Crippen molar-refractivity contribution in [2.75, 3.05) is 0 Å². The Kier molecular flexibility index (Phi) is 5.46. The van der Waals surface area contributed by atoms with Crippen LogP contribution in [0.2, 0.25) is 0 Å². The highest BCUT2D eigenvalue weighted by Crippen LogP contribution is 2.22. The lowest BCUT2D eigenvalue weighted by Gasteiger charge is -2.19. The number of hydrogen-bond acceptors (Lipinski definition) is 3. The fourth-order valence-corrected chi connectivity index (χ4v) is 1.60. The average Bonchev–Trinajstić information content (AvgIpc) is 2.41. The number of nitrogens with one attached hydrogen (secondary N) is 2. The second-order valence-corrected chi connectivity index (χ2v) is 5.72. The van der Waals surface area contributed by atoms with Gasteiger partial charge in [0.05, 0.1) is 6.42 Å². The molecule has 6 nitrogen and oxygen atoms in total. The van der Waals surface area contributed by atoms with Crippen molar-refractivity contribution in [3.63, 3.8) is 0 Å². The van der Waals surface area contributed by atoms with Gasteiger partial charge in [0.2, 0.25) is 5.91 Å². The van der Waals surface area contributed by atoms with Crippen molar-refractivity contribution in [2.24, 2.45) is 0 Å². The summed E-state index contributed by atoms with van der Waals surface area (Å²) in [7, 11) is 0. The SMILES string of the molecule is CC(C)(C)c1ccc(C(=O)NNC(=O)CCC(=O)O)cc1. The van der Waals surface area contributed by atoms with Crippen LogP contribution in [0.1, 0.15) is 49.5 Å². The van der Waals surface area contributed by atoms with Crippen LogP contribution in [-0.4, -0.2) is 22.9 Å². The van der Waals surface area contributed by atoms with E-state index in [2.05, 4.69) is 31.6 Å². The van der Waals surface area contributed by atoms with Crippen molar-refractivity contribution in [1.82, 2.24) is 10.9 Å². The zero-order valence-electron chi connectivity index (χ0n) is 12.4. The van der Waals surface area contributed by atoms with Gasteiger partial charge in [0, 0.05) is 12.0 Å². The van der Waals surface area contributed by atoms with Crippen LogP contribution >= 0.6 is 0 Å². The van der Waals surface area contributed by atoms with Gasteiger partial charge < -0.3 is 5.11 Å². The molecule has 0 spiro atoms. The first-order chi connectivity index (χ1) is 9.70. The first-order valence-electron chi connectivity index (χ1n) is 6.61. The van der Waals surface area contributed by atoms with Crippen LogP contribution in [-0.2, 0) is 15.0 Å². The highest BCUT2D eigenvalue weighted by atomic mass is 16.4. The Hall–Kier alpha value is -2.37. The second kappa shape index (κ2) is 6.88. The molecule has 1 aromatic carbocycles. The van der Waals surface area contributed by atoms with E-state index < -0.39 is 17.8 Å². The zero-order valence-corrected chi connectivity index (χ0v) is 12.4. The summed E-state index contributed by atoms with van der Waals surface area (Å²) in [6.07, 6.45) is -0.458. The lowest BCUT2D eigenvalue weighted by atomic mass is 9.87. The predicted octanol–water partition coefficient (Wildman–Crippen LogP) is 1.61. The summed E-state index contributed by atoms with van der Waals surface area (Å²) in [6.45, 7) is 6.22. The molecular formula is C15H20N2O4. The number of hydrogen-bond donors (Lipinski definition) is 3. The van der Waals surface area contributed by atoms with E-state index in [-0.39, 0.29) is 18.3 Å². The number of rotatable bonds is 4. The lowest BCUT2D eigenvalue weighted by Crippen LogP contribution is -2.41. The van der Waals surface area contributed by atoms with Gasteiger partial charge in [0.1, 0.15) is 0 Å². The molecular weight excluding hydrogens is 272 g/mol. The van der Waals surface area contributed by atoms with Gasteiger partial charge in [-0.15, -0.1) is 0 Å². The van der Waals surface area contributed by atoms with E-state index >= 15 is 0 Å². The van der Waals surface area contributed by atoms with Gasteiger partial charge >= 0.3 is 5.97 Å². The highest BCUT2D eigenvalue weighted by molar-refractivity contribution is 5.95. The Bertz CT molecular complexity index is 530. The van der Waals surface area contributed by atoms with E-state index in [9.17, 15) is 14.4 Å². The number of aliphatic carboxylic acids is 1. The molecule has 1 aromatic rings. The van der Waals surface area contributed by atoms with Crippen molar-refractivity contribution in [2.45, 2.75) is 39.0 Å². The molecule has 0 unspecified atom stereocenters. The maximum atomic E-state index is 11.8. The van der Waals surface area contributed by atoms with Gasteiger partial charge in [0.25, 0.3) is 5.91 Å². The van der Waals surface area contributed by atoms with E-state index in [1.54, 1.807) is 12.1 Å². The molecule has 21 heavy (non-hydrogen) atoms. The van der Waals surface area contributed by atoms with Crippen molar-refractivity contribution < 1.29 is 19.5 Å². The third kappa shape index (κ3) is 5.64. The van der Waals surface area contributed by atoms with E-state index in [0.29, 0.717) is 5.56 Å². The molecule has 0 aliphatic rings. The van der Waals surface area contributed by atoms with E-state index in [4.69, 9.17) is 5.11 Å². The summed E-state index contributed by atoms with van der Waals surface area (Å²) in [5.41, 5.74) is 5.95. The van der Waals surface area contributed by atoms with E-state index in [0.717, 1.165) is 5.56 Å². The molecule has 0 bridgehead atoms.